The van der Waals surface area contributed by atoms with E-state index in [-0.39, 0.29) is 11.3 Å². The summed E-state index contributed by atoms with van der Waals surface area (Å²) in [6, 6.07) is 13.6. The summed E-state index contributed by atoms with van der Waals surface area (Å²) >= 11 is 0. The van der Waals surface area contributed by atoms with Gasteiger partial charge in [-0.1, -0.05) is 42.5 Å². The highest BCUT2D eigenvalue weighted by Crippen LogP contribution is 2.26. The van der Waals surface area contributed by atoms with Crippen LogP contribution in [0.1, 0.15) is 21.5 Å². The molecule has 2 rings (SSSR count). The van der Waals surface area contributed by atoms with Gasteiger partial charge in [0.25, 0.3) is 5.09 Å². The summed E-state index contributed by atoms with van der Waals surface area (Å²) in [5.41, 5.74) is 1.13. The van der Waals surface area contributed by atoms with Crippen LogP contribution >= 0.6 is 0 Å². The Bertz CT molecular complexity index is 639. The third kappa shape index (κ3) is 3.11. The van der Waals surface area contributed by atoms with Gasteiger partial charge < -0.3 is 5.11 Å². The molecular formula is C14H11NO5. The number of carboxylic acids is 1. The van der Waals surface area contributed by atoms with Crippen LogP contribution in [0.5, 0.6) is 5.75 Å². The smallest absolute Gasteiger partial charge is 0.337 e. The van der Waals surface area contributed by atoms with E-state index in [2.05, 4.69) is 4.84 Å². The molecule has 0 aromatic heterocycles. The monoisotopic (exact) mass is 273 g/mol. The van der Waals surface area contributed by atoms with Gasteiger partial charge in [-0.25, -0.2) is 4.79 Å². The van der Waals surface area contributed by atoms with E-state index in [0.717, 1.165) is 5.56 Å². The van der Waals surface area contributed by atoms with Crippen molar-refractivity contribution in [1.82, 2.24) is 0 Å². The minimum absolute atomic E-state index is 0.227. The number of aromatic carboxylic acids is 1. The van der Waals surface area contributed by atoms with E-state index in [1.165, 1.54) is 12.1 Å². The van der Waals surface area contributed by atoms with Crippen LogP contribution in [0.2, 0.25) is 0 Å². The number of carboxylic acid groups (broad SMARTS) is 1. The highest BCUT2D eigenvalue weighted by Gasteiger charge is 2.17. The SMILES string of the molecule is O=C(O)c1cccc(Cc2ccccc2)c1O[N+](=O)[O-]. The van der Waals surface area contributed by atoms with Crippen LogP contribution in [0.25, 0.3) is 0 Å². The lowest BCUT2D eigenvalue weighted by atomic mass is 10.0. The zero-order chi connectivity index (χ0) is 14.5. The van der Waals surface area contributed by atoms with Gasteiger partial charge in [0.15, 0.2) is 0 Å². The molecule has 2 aromatic rings. The molecule has 102 valence electrons. The van der Waals surface area contributed by atoms with Crippen molar-refractivity contribution in [3.8, 4) is 5.75 Å². The Hall–Kier alpha value is -2.89. The van der Waals surface area contributed by atoms with Crippen LogP contribution in [0.3, 0.4) is 0 Å². The van der Waals surface area contributed by atoms with Gasteiger partial charge in [-0.15, -0.1) is 10.1 Å². The fraction of sp³-hybridized carbons (Fsp3) is 0.0714. The van der Waals surface area contributed by atoms with Crippen molar-refractivity contribution < 1.29 is 19.8 Å². The summed E-state index contributed by atoms with van der Waals surface area (Å²) < 4.78 is 0. The molecule has 0 aliphatic carbocycles. The topological polar surface area (TPSA) is 89.7 Å². The Balaban J connectivity index is 2.43. The van der Waals surface area contributed by atoms with Crippen molar-refractivity contribution in [3.05, 3.63) is 75.3 Å². The average Bonchev–Trinajstić information content (AvgIpc) is 2.41. The van der Waals surface area contributed by atoms with Gasteiger partial charge in [-0.3, -0.25) is 4.84 Å². The molecule has 0 spiro atoms. The summed E-state index contributed by atoms with van der Waals surface area (Å²) in [6.07, 6.45) is 0.352. The first kappa shape index (κ1) is 13.5. The first-order chi connectivity index (χ1) is 9.58. The molecule has 6 heteroatoms. The maximum absolute atomic E-state index is 11.1. The van der Waals surface area contributed by atoms with Crippen LogP contribution in [0.15, 0.2) is 48.5 Å². The van der Waals surface area contributed by atoms with Gasteiger partial charge in [0.2, 0.25) is 0 Å². The first-order valence-corrected chi connectivity index (χ1v) is 5.79. The van der Waals surface area contributed by atoms with Crippen LogP contribution < -0.4 is 4.84 Å². The lowest BCUT2D eigenvalue weighted by Gasteiger charge is -2.10. The van der Waals surface area contributed by atoms with Gasteiger partial charge >= 0.3 is 5.97 Å². The minimum Gasteiger partial charge on any atom is -0.478 e. The van der Waals surface area contributed by atoms with Gasteiger partial charge in [-0.2, -0.15) is 0 Å². The van der Waals surface area contributed by atoms with Crippen molar-refractivity contribution in [2.75, 3.05) is 0 Å². The average molecular weight is 273 g/mol. The Morgan fingerprint density at radius 2 is 1.85 bits per heavy atom. The number of hydrogen-bond donors (Lipinski definition) is 1. The second-order valence-electron chi connectivity index (χ2n) is 4.08. The van der Waals surface area contributed by atoms with Crippen LogP contribution in [-0.4, -0.2) is 16.2 Å². The number of hydrogen-bond acceptors (Lipinski definition) is 4. The zero-order valence-electron chi connectivity index (χ0n) is 10.4. The van der Waals surface area contributed by atoms with Crippen molar-refractivity contribution in [3.63, 3.8) is 0 Å². The maximum Gasteiger partial charge on any atom is 0.337 e. The molecule has 2 aromatic carbocycles. The Morgan fingerprint density at radius 3 is 2.45 bits per heavy atom. The lowest BCUT2D eigenvalue weighted by Crippen LogP contribution is -2.11. The highest BCUT2D eigenvalue weighted by molar-refractivity contribution is 5.91. The Labute approximate surface area is 114 Å². The van der Waals surface area contributed by atoms with Crippen molar-refractivity contribution in [1.29, 1.82) is 0 Å². The van der Waals surface area contributed by atoms with Crippen LogP contribution in [0.4, 0.5) is 0 Å². The molecule has 20 heavy (non-hydrogen) atoms. The molecule has 0 heterocycles. The van der Waals surface area contributed by atoms with Crippen LogP contribution in [-0.2, 0) is 6.42 Å². The van der Waals surface area contributed by atoms with Gasteiger partial charge in [0, 0.05) is 0 Å². The largest absolute Gasteiger partial charge is 0.478 e. The third-order valence-electron chi connectivity index (χ3n) is 2.73. The molecule has 0 atom stereocenters. The standard InChI is InChI=1S/C14H11NO5/c16-14(17)12-8-4-7-11(13(12)20-15(18)19)9-10-5-2-1-3-6-10/h1-8H,9H2,(H,16,17). The number of benzene rings is 2. The molecule has 0 saturated carbocycles. The number of nitrogens with zero attached hydrogens (tertiary/aromatic N) is 1. The second-order valence-corrected chi connectivity index (χ2v) is 4.08. The summed E-state index contributed by atoms with van der Waals surface area (Å²) in [6.45, 7) is 0. The molecular weight excluding hydrogens is 262 g/mol. The molecule has 0 unspecified atom stereocenters. The quantitative estimate of drug-likeness (QED) is 0.667. The van der Waals surface area contributed by atoms with Crippen LogP contribution in [0, 0.1) is 10.1 Å². The fourth-order valence-corrected chi connectivity index (χ4v) is 1.89. The Morgan fingerprint density at radius 1 is 1.15 bits per heavy atom. The molecule has 0 aliphatic heterocycles. The molecule has 1 N–H and O–H groups in total. The van der Waals surface area contributed by atoms with Crippen molar-refractivity contribution >= 4 is 5.97 Å². The van der Waals surface area contributed by atoms with E-state index in [4.69, 9.17) is 5.11 Å². The molecule has 0 bridgehead atoms. The van der Waals surface area contributed by atoms with Gasteiger partial charge in [0.1, 0.15) is 5.75 Å². The van der Waals surface area contributed by atoms with E-state index >= 15 is 0 Å². The number of para-hydroxylation sites is 1. The summed E-state index contributed by atoms with van der Waals surface area (Å²) in [4.78, 5) is 26.1. The highest BCUT2D eigenvalue weighted by atomic mass is 17.0. The molecule has 6 nitrogen and oxygen atoms in total. The molecule has 0 aliphatic rings. The number of rotatable bonds is 5. The van der Waals surface area contributed by atoms with E-state index in [0.29, 0.717) is 12.0 Å². The number of carbonyl (C=O) groups is 1. The molecule has 0 saturated heterocycles. The third-order valence-corrected chi connectivity index (χ3v) is 2.73. The lowest BCUT2D eigenvalue weighted by molar-refractivity contribution is -0.711. The van der Waals surface area contributed by atoms with E-state index < -0.39 is 11.1 Å². The van der Waals surface area contributed by atoms with Gasteiger partial charge in [0.05, 0.1) is 5.56 Å². The second kappa shape index (κ2) is 5.83. The Kier molecular flexibility index (Phi) is 3.95. The van der Waals surface area contributed by atoms with E-state index in [1.807, 2.05) is 30.3 Å². The summed E-state index contributed by atoms with van der Waals surface area (Å²) in [5.74, 6) is -1.49. The molecule has 0 amide bonds. The first-order valence-electron chi connectivity index (χ1n) is 5.79. The van der Waals surface area contributed by atoms with E-state index in [9.17, 15) is 14.9 Å². The maximum atomic E-state index is 11.1. The van der Waals surface area contributed by atoms with Gasteiger partial charge in [-0.05, 0) is 23.6 Å². The normalized spacial score (nSPS) is 10.0. The molecule has 0 fully saturated rings. The van der Waals surface area contributed by atoms with E-state index in [1.54, 1.807) is 6.07 Å². The fourth-order valence-electron chi connectivity index (χ4n) is 1.89. The minimum atomic E-state index is -1.27. The van der Waals surface area contributed by atoms with Crippen molar-refractivity contribution in [2.24, 2.45) is 0 Å². The summed E-state index contributed by atoms with van der Waals surface area (Å²) in [7, 11) is 0. The predicted octanol–water partition coefficient (Wildman–Crippen LogP) is 2.55. The van der Waals surface area contributed by atoms with Crippen molar-refractivity contribution in [2.45, 2.75) is 6.42 Å². The zero-order valence-corrected chi connectivity index (χ0v) is 10.4. The summed E-state index contributed by atoms with van der Waals surface area (Å²) in [5, 5.41) is 18.6. The predicted molar refractivity (Wildman–Crippen MR) is 70.3 cm³/mol. The molecule has 0 radical (unpaired) electrons.